The van der Waals surface area contributed by atoms with Crippen molar-refractivity contribution in [2.45, 2.75) is 11.8 Å². The molecule has 0 saturated carbocycles. The zero-order valence-corrected chi connectivity index (χ0v) is 16.7. The van der Waals surface area contributed by atoms with Crippen LogP contribution in [-0.2, 0) is 10.0 Å². The SMILES string of the molecule is CNS(=O)(=O)c1cc([N+](=O)[O-])cc(/N=C/c2cnc3ccc(Br)cn23)c1C. The largest absolute Gasteiger partial charge is 0.298 e. The van der Waals surface area contributed by atoms with E-state index < -0.39 is 14.9 Å². The van der Waals surface area contributed by atoms with Gasteiger partial charge in [0.1, 0.15) is 5.65 Å². The summed E-state index contributed by atoms with van der Waals surface area (Å²) in [5.41, 5.74) is 1.47. The van der Waals surface area contributed by atoms with Gasteiger partial charge in [-0.1, -0.05) is 0 Å². The Morgan fingerprint density at radius 2 is 2.11 bits per heavy atom. The highest BCUT2D eigenvalue weighted by atomic mass is 79.9. The molecule has 27 heavy (non-hydrogen) atoms. The number of hydrogen-bond donors (Lipinski definition) is 1. The van der Waals surface area contributed by atoms with Crippen LogP contribution in [0.2, 0.25) is 0 Å². The van der Waals surface area contributed by atoms with Crippen molar-refractivity contribution in [3.05, 3.63) is 62.5 Å². The summed E-state index contributed by atoms with van der Waals surface area (Å²) in [5, 5.41) is 11.2. The molecular weight excluding hydrogens is 438 g/mol. The van der Waals surface area contributed by atoms with Gasteiger partial charge >= 0.3 is 0 Å². The normalized spacial score (nSPS) is 12.1. The van der Waals surface area contributed by atoms with Crippen LogP contribution in [0.1, 0.15) is 11.3 Å². The highest BCUT2D eigenvalue weighted by molar-refractivity contribution is 9.10. The molecule has 0 atom stereocenters. The van der Waals surface area contributed by atoms with Crippen molar-refractivity contribution >= 4 is 49.2 Å². The van der Waals surface area contributed by atoms with Gasteiger partial charge < -0.3 is 0 Å². The number of nitro groups is 1. The van der Waals surface area contributed by atoms with Crippen molar-refractivity contribution in [3.8, 4) is 0 Å². The number of sulfonamides is 1. The van der Waals surface area contributed by atoms with E-state index in [2.05, 4.69) is 30.6 Å². The number of pyridine rings is 1. The quantitative estimate of drug-likeness (QED) is 0.363. The molecule has 2 heterocycles. The maximum atomic E-state index is 12.2. The fraction of sp³-hybridized carbons (Fsp3) is 0.125. The third kappa shape index (κ3) is 3.75. The average molecular weight is 452 g/mol. The third-order valence-electron chi connectivity index (χ3n) is 3.92. The van der Waals surface area contributed by atoms with E-state index in [1.165, 1.54) is 19.3 Å². The summed E-state index contributed by atoms with van der Waals surface area (Å²) >= 11 is 3.38. The Labute approximate surface area is 163 Å². The second-order valence-corrected chi connectivity index (χ2v) is 8.34. The Morgan fingerprint density at radius 1 is 1.37 bits per heavy atom. The molecule has 11 heteroatoms. The van der Waals surface area contributed by atoms with Crippen molar-refractivity contribution in [3.63, 3.8) is 0 Å². The highest BCUT2D eigenvalue weighted by Gasteiger charge is 2.22. The first-order valence-electron chi connectivity index (χ1n) is 7.62. The van der Waals surface area contributed by atoms with Gasteiger partial charge in [0.05, 0.1) is 33.6 Å². The van der Waals surface area contributed by atoms with Gasteiger partial charge in [0, 0.05) is 22.8 Å². The standard InChI is InChI=1S/C16H14BrN5O4S/c1-10-14(5-12(22(23)24)6-15(10)27(25,26)18-2)19-7-13-8-20-16-4-3-11(17)9-21(13)16/h3-9,18H,1-2H3/b19-7+. The van der Waals surface area contributed by atoms with Gasteiger partial charge in [-0.05, 0) is 47.6 Å². The van der Waals surface area contributed by atoms with Crippen molar-refractivity contribution in [2.75, 3.05) is 7.05 Å². The molecule has 0 radical (unpaired) electrons. The minimum absolute atomic E-state index is 0.183. The lowest BCUT2D eigenvalue weighted by Gasteiger charge is -2.09. The smallest absolute Gasteiger partial charge is 0.272 e. The molecule has 0 unspecified atom stereocenters. The predicted molar refractivity (Wildman–Crippen MR) is 104 cm³/mol. The summed E-state index contributed by atoms with van der Waals surface area (Å²) in [5.74, 6) is 0. The number of aromatic nitrogens is 2. The van der Waals surface area contributed by atoms with Gasteiger partial charge in [0.25, 0.3) is 5.69 Å². The fourth-order valence-electron chi connectivity index (χ4n) is 2.49. The molecule has 0 bridgehead atoms. The van der Waals surface area contributed by atoms with E-state index in [9.17, 15) is 18.5 Å². The van der Waals surface area contributed by atoms with Crippen molar-refractivity contribution in [2.24, 2.45) is 4.99 Å². The van der Waals surface area contributed by atoms with E-state index in [4.69, 9.17) is 0 Å². The van der Waals surface area contributed by atoms with E-state index in [-0.39, 0.29) is 16.3 Å². The maximum Gasteiger partial charge on any atom is 0.272 e. The van der Waals surface area contributed by atoms with E-state index in [1.54, 1.807) is 23.7 Å². The van der Waals surface area contributed by atoms with Crippen LogP contribution in [0.5, 0.6) is 0 Å². The fourth-order valence-corrected chi connectivity index (χ4v) is 3.83. The maximum absolute atomic E-state index is 12.2. The molecule has 0 aliphatic heterocycles. The second kappa shape index (κ2) is 7.18. The van der Waals surface area contributed by atoms with Crippen LogP contribution in [0, 0.1) is 17.0 Å². The van der Waals surface area contributed by atoms with Crippen LogP contribution in [-0.4, -0.2) is 36.0 Å². The van der Waals surface area contributed by atoms with Crippen LogP contribution in [0.4, 0.5) is 11.4 Å². The van der Waals surface area contributed by atoms with Crippen LogP contribution in [0.15, 0.2) is 51.0 Å². The van der Waals surface area contributed by atoms with Gasteiger partial charge in [0.2, 0.25) is 10.0 Å². The van der Waals surface area contributed by atoms with Crippen LogP contribution >= 0.6 is 15.9 Å². The van der Waals surface area contributed by atoms with Crippen LogP contribution in [0.25, 0.3) is 5.65 Å². The van der Waals surface area contributed by atoms with Gasteiger partial charge in [-0.25, -0.2) is 18.1 Å². The minimum atomic E-state index is -3.87. The third-order valence-corrected chi connectivity index (χ3v) is 5.93. The lowest BCUT2D eigenvalue weighted by molar-refractivity contribution is -0.385. The molecule has 3 aromatic rings. The Balaban J connectivity index is 2.14. The summed E-state index contributed by atoms with van der Waals surface area (Å²) in [6.45, 7) is 1.55. The van der Waals surface area contributed by atoms with Crippen LogP contribution < -0.4 is 4.72 Å². The molecule has 0 aliphatic rings. The number of aliphatic imine (C=N–C) groups is 1. The minimum Gasteiger partial charge on any atom is -0.298 e. The van der Waals surface area contributed by atoms with Gasteiger partial charge in [-0.15, -0.1) is 0 Å². The number of imidazole rings is 1. The van der Waals surface area contributed by atoms with E-state index in [0.717, 1.165) is 10.5 Å². The molecule has 0 fully saturated rings. The average Bonchev–Trinajstić information content (AvgIpc) is 3.02. The van der Waals surface area contributed by atoms with Gasteiger partial charge in [-0.2, -0.15) is 0 Å². The monoisotopic (exact) mass is 451 g/mol. The molecular formula is C16H14BrN5O4S. The number of hydrogen-bond acceptors (Lipinski definition) is 6. The van der Waals surface area contributed by atoms with Gasteiger partial charge in [0.15, 0.2) is 0 Å². The lowest BCUT2D eigenvalue weighted by atomic mass is 10.2. The lowest BCUT2D eigenvalue weighted by Crippen LogP contribution is -2.19. The molecule has 0 aliphatic carbocycles. The number of rotatable bonds is 5. The summed E-state index contributed by atoms with van der Waals surface area (Å²) in [6, 6.07) is 5.92. The van der Waals surface area contributed by atoms with Crippen LogP contribution in [0.3, 0.4) is 0 Å². The molecule has 9 nitrogen and oxygen atoms in total. The first-order valence-corrected chi connectivity index (χ1v) is 9.90. The zero-order valence-electron chi connectivity index (χ0n) is 14.2. The number of benzene rings is 1. The Kier molecular flexibility index (Phi) is 5.09. The molecule has 3 rings (SSSR count). The van der Waals surface area contributed by atoms with E-state index >= 15 is 0 Å². The molecule has 0 spiro atoms. The number of halogens is 1. The Hall–Kier alpha value is -2.63. The summed E-state index contributed by atoms with van der Waals surface area (Å²) in [7, 11) is -2.63. The summed E-state index contributed by atoms with van der Waals surface area (Å²) < 4.78 is 29.2. The number of non-ortho nitro benzene ring substituents is 1. The molecule has 0 amide bonds. The molecule has 1 aromatic carbocycles. The van der Waals surface area contributed by atoms with Gasteiger partial charge in [-0.3, -0.25) is 19.5 Å². The van der Waals surface area contributed by atoms with Crippen molar-refractivity contribution < 1.29 is 13.3 Å². The molecule has 0 saturated heterocycles. The van der Waals surface area contributed by atoms with E-state index in [0.29, 0.717) is 16.9 Å². The molecule has 2 aromatic heterocycles. The first kappa shape index (κ1) is 19.1. The van der Waals surface area contributed by atoms with Crippen molar-refractivity contribution in [1.82, 2.24) is 14.1 Å². The predicted octanol–water partition coefficient (Wildman–Crippen LogP) is 2.97. The summed E-state index contributed by atoms with van der Waals surface area (Å²) in [6.07, 6.45) is 4.89. The zero-order chi connectivity index (χ0) is 19.8. The Morgan fingerprint density at radius 3 is 2.78 bits per heavy atom. The second-order valence-electron chi connectivity index (χ2n) is 5.57. The number of nitro benzene ring substituents is 1. The number of nitrogens with zero attached hydrogens (tertiary/aromatic N) is 4. The molecule has 140 valence electrons. The van der Waals surface area contributed by atoms with E-state index in [1.807, 2.05) is 12.1 Å². The van der Waals surface area contributed by atoms with Crippen molar-refractivity contribution in [1.29, 1.82) is 0 Å². The number of nitrogens with one attached hydrogen (secondary N) is 1. The molecule has 1 N–H and O–H groups in total. The summed E-state index contributed by atoms with van der Waals surface area (Å²) in [4.78, 5) is 18.9. The topological polar surface area (TPSA) is 119 Å². The Bertz CT molecular complexity index is 1190. The number of fused-ring (bicyclic) bond motifs is 1. The highest BCUT2D eigenvalue weighted by Crippen LogP contribution is 2.31. The first-order chi connectivity index (χ1) is 12.7.